The fourth-order valence-corrected chi connectivity index (χ4v) is 3.35. The third-order valence-electron chi connectivity index (χ3n) is 4.75. The number of nitrogens with two attached hydrogens (primary N) is 1. The summed E-state index contributed by atoms with van der Waals surface area (Å²) in [4.78, 5) is 46.3. The highest BCUT2D eigenvalue weighted by Gasteiger charge is 2.42. The minimum absolute atomic E-state index is 0.119. The van der Waals surface area contributed by atoms with Gasteiger partial charge in [-0.25, -0.2) is 4.79 Å². The van der Waals surface area contributed by atoms with Crippen molar-refractivity contribution in [2.45, 2.75) is 32.9 Å². The molecule has 0 unspecified atom stereocenters. The number of primary amides is 1. The van der Waals surface area contributed by atoms with E-state index >= 15 is 0 Å². The molecule has 0 aromatic carbocycles. The Bertz CT molecular complexity index is 952. The Kier molecular flexibility index (Phi) is 5.54. The van der Waals surface area contributed by atoms with Crippen molar-refractivity contribution >= 4 is 11.8 Å². The van der Waals surface area contributed by atoms with E-state index in [0.717, 1.165) is 0 Å². The standard InChI is InChI=1S/C17H22N6O5/c1-9-4-10(2)23(17(26)19-9)7-14(24)22-5-11(15(18)25)12(6-22)16-20-13(8-27-3)21-28-16/h4,11-12H,5-8H2,1-3H3,(H2,18,25)/t11-,12-/m1/s1. The number of hydrogen-bond acceptors (Lipinski definition) is 8. The van der Waals surface area contributed by atoms with Crippen LogP contribution in [0, 0.1) is 19.8 Å². The van der Waals surface area contributed by atoms with Crippen molar-refractivity contribution in [3.05, 3.63) is 39.7 Å². The van der Waals surface area contributed by atoms with Gasteiger partial charge in [0.1, 0.15) is 13.2 Å². The summed E-state index contributed by atoms with van der Waals surface area (Å²) in [5.41, 5.74) is 6.24. The monoisotopic (exact) mass is 390 g/mol. The molecule has 2 amide bonds. The van der Waals surface area contributed by atoms with E-state index < -0.39 is 23.4 Å². The van der Waals surface area contributed by atoms with E-state index in [1.54, 1.807) is 19.9 Å². The van der Waals surface area contributed by atoms with Crippen LogP contribution in [-0.2, 0) is 27.5 Å². The van der Waals surface area contributed by atoms with Crippen LogP contribution < -0.4 is 11.4 Å². The quantitative estimate of drug-likeness (QED) is 0.669. The van der Waals surface area contributed by atoms with E-state index in [4.69, 9.17) is 15.0 Å². The van der Waals surface area contributed by atoms with Gasteiger partial charge in [-0.15, -0.1) is 0 Å². The summed E-state index contributed by atoms with van der Waals surface area (Å²) in [6.07, 6.45) is 0. The molecule has 150 valence electrons. The largest absolute Gasteiger partial charge is 0.377 e. The van der Waals surface area contributed by atoms with Gasteiger partial charge in [-0.2, -0.15) is 9.97 Å². The van der Waals surface area contributed by atoms with Crippen LogP contribution in [0.15, 0.2) is 15.4 Å². The molecule has 3 heterocycles. The molecular weight excluding hydrogens is 368 g/mol. The minimum Gasteiger partial charge on any atom is -0.377 e. The molecule has 0 saturated carbocycles. The molecule has 0 aliphatic carbocycles. The number of amides is 2. The molecule has 1 aliphatic rings. The van der Waals surface area contributed by atoms with Crippen molar-refractivity contribution in [3.8, 4) is 0 Å². The van der Waals surface area contributed by atoms with Crippen LogP contribution in [0.4, 0.5) is 0 Å². The third-order valence-corrected chi connectivity index (χ3v) is 4.75. The van der Waals surface area contributed by atoms with Gasteiger partial charge < -0.3 is 19.9 Å². The number of hydrogen-bond donors (Lipinski definition) is 1. The zero-order valence-corrected chi connectivity index (χ0v) is 15.9. The Balaban J connectivity index is 1.79. The van der Waals surface area contributed by atoms with Gasteiger partial charge in [-0.3, -0.25) is 14.2 Å². The Labute approximate surface area is 160 Å². The zero-order valence-electron chi connectivity index (χ0n) is 15.9. The molecule has 0 radical (unpaired) electrons. The first kappa shape index (κ1) is 19.7. The summed E-state index contributed by atoms with van der Waals surface area (Å²) < 4.78 is 11.5. The SMILES string of the molecule is COCc1noc([C@@H]2CN(C(=O)Cn3c(C)cc(C)nc3=O)C[C@H]2C(N)=O)n1. The van der Waals surface area contributed by atoms with Crippen molar-refractivity contribution in [1.82, 2.24) is 24.6 Å². The average Bonchev–Trinajstić information content (AvgIpc) is 3.25. The summed E-state index contributed by atoms with van der Waals surface area (Å²) in [5, 5.41) is 3.79. The van der Waals surface area contributed by atoms with Crippen LogP contribution in [0.2, 0.25) is 0 Å². The van der Waals surface area contributed by atoms with Crippen molar-refractivity contribution in [2.75, 3.05) is 20.2 Å². The summed E-state index contributed by atoms with van der Waals surface area (Å²) in [6.45, 7) is 3.75. The molecule has 1 aliphatic heterocycles. The van der Waals surface area contributed by atoms with Crippen molar-refractivity contribution < 1.29 is 18.8 Å². The molecule has 2 atom stereocenters. The van der Waals surface area contributed by atoms with E-state index in [0.29, 0.717) is 17.2 Å². The van der Waals surface area contributed by atoms with Crippen LogP contribution in [-0.4, -0.2) is 56.6 Å². The van der Waals surface area contributed by atoms with Crippen LogP contribution in [0.1, 0.15) is 29.0 Å². The zero-order chi connectivity index (χ0) is 20.4. The summed E-state index contributed by atoms with van der Waals surface area (Å²) in [7, 11) is 1.50. The molecule has 2 aromatic heterocycles. The van der Waals surface area contributed by atoms with Gasteiger partial charge in [0.2, 0.25) is 17.7 Å². The van der Waals surface area contributed by atoms with Crippen molar-refractivity contribution in [3.63, 3.8) is 0 Å². The smallest absolute Gasteiger partial charge is 0.348 e. The molecule has 2 N–H and O–H groups in total. The lowest BCUT2D eigenvalue weighted by Crippen LogP contribution is -2.37. The summed E-state index contributed by atoms with van der Waals surface area (Å²) in [5.74, 6) is -1.46. The molecule has 11 nitrogen and oxygen atoms in total. The van der Waals surface area contributed by atoms with Crippen LogP contribution in [0.25, 0.3) is 0 Å². The Morgan fingerprint density at radius 2 is 2.07 bits per heavy atom. The van der Waals surface area contributed by atoms with Gasteiger partial charge >= 0.3 is 5.69 Å². The number of aromatic nitrogens is 4. The number of methoxy groups -OCH3 is 1. The highest BCUT2D eigenvalue weighted by Crippen LogP contribution is 2.32. The number of aryl methyl sites for hydroxylation is 2. The average molecular weight is 390 g/mol. The topological polar surface area (TPSA) is 146 Å². The highest BCUT2D eigenvalue weighted by molar-refractivity contribution is 5.82. The highest BCUT2D eigenvalue weighted by atomic mass is 16.5. The van der Waals surface area contributed by atoms with Crippen LogP contribution in [0.5, 0.6) is 0 Å². The number of carbonyl (C=O) groups excluding carboxylic acids is 2. The van der Waals surface area contributed by atoms with Crippen LogP contribution in [0.3, 0.4) is 0 Å². The first-order valence-electron chi connectivity index (χ1n) is 8.73. The molecule has 0 spiro atoms. The predicted molar refractivity (Wildman–Crippen MR) is 95.0 cm³/mol. The summed E-state index contributed by atoms with van der Waals surface area (Å²) in [6, 6.07) is 1.73. The number of nitrogens with zero attached hydrogens (tertiary/aromatic N) is 5. The lowest BCUT2D eigenvalue weighted by Gasteiger charge is -2.17. The molecule has 3 rings (SSSR count). The second-order valence-electron chi connectivity index (χ2n) is 6.80. The second-order valence-corrected chi connectivity index (χ2v) is 6.80. The lowest BCUT2D eigenvalue weighted by molar-refractivity contribution is -0.131. The minimum atomic E-state index is -0.659. The first-order valence-corrected chi connectivity index (χ1v) is 8.73. The van der Waals surface area contributed by atoms with Crippen molar-refractivity contribution in [1.29, 1.82) is 0 Å². The maximum Gasteiger partial charge on any atom is 0.348 e. The van der Waals surface area contributed by atoms with Crippen LogP contribution >= 0.6 is 0 Å². The lowest BCUT2D eigenvalue weighted by atomic mass is 9.95. The number of carbonyl (C=O) groups is 2. The second kappa shape index (κ2) is 7.89. The molecule has 28 heavy (non-hydrogen) atoms. The Morgan fingerprint density at radius 3 is 2.71 bits per heavy atom. The normalized spacial score (nSPS) is 19.2. The molecule has 1 fully saturated rings. The fourth-order valence-electron chi connectivity index (χ4n) is 3.35. The number of likely N-dealkylation sites (tertiary alicyclic amines) is 1. The molecular formula is C17H22N6O5. The summed E-state index contributed by atoms with van der Waals surface area (Å²) >= 11 is 0. The van der Waals surface area contributed by atoms with Gasteiger partial charge in [0, 0.05) is 31.6 Å². The molecule has 0 bridgehead atoms. The van der Waals surface area contributed by atoms with Gasteiger partial charge in [-0.05, 0) is 19.9 Å². The maximum atomic E-state index is 12.8. The van der Waals surface area contributed by atoms with E-state index in [-0.39, 0.29) is 38.0 Å². The van der Waals surface area contributed by atoms with E-state index in [9.17, 15) is 14.4 Å². The van der Waals surface area contributed by atoms with E-state index in [1.165, 1.54) is 16.6 Å². The molecule has 1 saturated heterocycles. The van der Waals surface area contributed by atoms with Gasteiger partial charge in [0.05, 0.1) is 11.8 Å². The maximum absolute atomic E-state index is 12.8. The van der Waals surface area contributed by atoms with E-state index in [2.05, 4.69) is 15.1 Å². The predicted octanol–water partition coefficient (Wildman–Crippen LogP) is -0.883. The third kappa shape index (κ3) is 3.93. The fraction of sp³-hybridized carbons (Fsp3) is 0.529. The molecule has 11 heteroatoms. The Hall–Kier alpha value is -3.08. The number of rotatable bonds is 6. The molecule has 2 aromatic rings. The van der Waals surface area contributed by atoms with Gasteiger partial charge in [0.25, 0.3) is 0 Å². The number of ether oxygens (including phenoxy) is 1. The van der Waals surface area contributed by atoms with Crippen molar-refractivity contribution in [2.24, 2.45) is 11.7 Å². The Morgan fingerprint density at radius 1 is 1.32 bits per heavy atom. The van der Waals surface area contributed by atoms with E-state index in [1.807, 2.05) is 0 Å². The van der Waals surface area contributed by atoms with Gasteiger partial charge in [0.15, 0.2) is 5.82 Å². The van der Waals surface area contributed by atoms with Gasteiger partial charge in [-0.1, -0.05) is 5.16 Å². The first-order chi connectivity index (χ1) is 13.3.